The Bertz CT molecular complexity index is 953. The zero-order valence-electron chi connectivity index (χ0n) is 16.6. The molecule has 0 saturated carbocycles. The summed E-state index contributed by atoms with van der Waals surface area (Å²) < 4.78 is 6.10. The molecule has 1 N–H and O–H groups in total. The van der Waals surface area contributed by atoms with Crippen LogP contribution in [0.25, 0.3) is 0 Å². The minimum atomic E-state index is -0.578. The van der Waals surface area contributed by atoms with E-state index in [2.05, 4.69) is 21.2 Å². The number of anilines is 2. The first kappa shape index (κ1) is 21.0. The van der Waals surface area contributed by atoms with Gasteiger partial charge in [-0.15, -0.1) is 0 Å². The standard InChI is InChI=1S/C22H23BrN2O4/c1-13-6-14(2)8-18(7-13)25-11-16(10-21(25)27)22(28)29-12-20(26)24-17-4-5-19(23)15(3)9-17/h4-9,16H,10-12H2,1-3H3,(H,24,26)/t16-/m0/s1. The first-order valence-electron chi connectivity index (χ1n) is 9.34. The second-order valence-electron chi connectivity index (χ2n) is 7.37. The van der Waals surface area contributed by atoms with Crippen molar-refractivity contribution in [3.63, 3.8) is 0 Å². The molecule has 1 heterocycles. The Labute approximate surface area is 178 Å². The molecule has 2 aromatic carbocycles. The third-order valence-electron chi connectivity index (χ3n) is 4.76. The predicted octanol–water partition coefficient (Wildman–Crippen LogP) is 3.91. The van der Waals surface area contributed by atoms with Crippen LogP contribution in [0.3, 0.4) is 0 Å². The number of halogens is 1. The fourth-order valence-electron chi connectivity index (χ4n) is 3.40. The lowest BCUT2D eigenvalue weighted by atomic mass is 10.1. The number of amides is 2. The number of esters is 1. The molecule has 152 valence electrons. The maximum absolute atomic E-state index is 12.4. The van der Waals surface area contributed by atoms with E-state index in [0.29, 0.717) is 5.69 Å². The maximum atomic E-state index is 12.4. The van der Waals surface area contributed by atoms with E-state index in [9.17, 15) is 14.4 Å². The molecule has 0 spiro atoms. The first-order chi connectivity index (χ1) is 13.7. The van der Waals surface area contributed by atoms with E-state index < -0.39 is 17.8 Å². The fraction of sp³-hybridized carbons (Fsp3) is 0.318. The van der Waals surface area contributed by atoms with Crippen LogP contribution in [0.2, 0.25) is 0 Å². The Kier molecular flexibility index (Phi) is 6.37. The van der Waals surface area contributed by atoms with Crippen molar-refractivity contribution in [1.82, 2.24) is 0 Å². The lowest BCUT2D eigenvalue weighted by Gasteiger charge is -2.18. The van der Waals surface area contributed by atoms with Gasteiger partial charge in [-0.3, -0.25) is 14.4 Å². The number of carbonyl (C=O) groups is 3. The van der Waals surface area contributed by atoms with Crippen molar-refractivity contribution in [2.75, 3.05) is 23.4 Å². The minimum Gasteiger partial charge on any atom is -0.455 e. The fourth-order valence-corrected chi connectivity index (χ4v) is 3.64. The molecule has 1 atom stereocenters. The summed E-state index contributed by atoms with van der Waals surface area (Å²) in [5.41, 5.74) is 4.50. The monoisotopic (exact) mass is 458 g/mol. The van der Waals surface area contributed by atoms with Gasteiger partial charge in [-0.25, -0.2) is 0 Å². The van der Waals surface area contributed by atoms with Gasteiger partial charge >= 0.3 is 5.97 Å². The Balaban J connectivity index is 1.55. The molecule has 0 unspecified atom stereocenters. The molecule has 6 nitrogen and oxygen atoms in total. The van der Waals surface area contributed by atoms with Gasteiger partial charge in [0.05, 0.1) is 5.92 Å². The van der Waals surface area contributed by atoms with E-state index >= 15 is 0 Å². The van der Waals surface area contributed by atoms with Gasteiger partial charge in [-0.1, -0.05) is 22.0 Å². The van der Waals surface area contributed by atoms with Crippen LogP contribution in [0.4, 0.5) is 11.4 Å². The number of ether oxygens (including phenoxy) is 1. The van der Waals surface area contributed by atoms with E-state index in [1.165, 1.54) is 0 Å². The van der Waals surface area contributed by atoms with Gasteiger partial charge in [0.2, 0.25) is 5.91 Å². The number of nitrogens with zero attached hydrogens (tertiary/aromatic N) is 1. The number of hydrogen-bond acceptors (Lipinski definition) is 4. The number of nitrogens with one attached hydrogen (secondary N) is 1. The van der Waals surface area contributed by atoms with Crippen molar-refractivity contribution in [2.45, 2.75) is 27.2 Å². The summed E-state index contributed by atoms with van der Waals surface area (Å²) in [6.07, 6.45) is 0.0827. The highest BCUT2D eigenvalue weighted by molar-refractivity contribution is 9.10. The second-order valence-corrected chi connectivity index (χ2v) is 8.23. The molecule has 0 aliphatic carbocycles. The Morgan fingerprint density at radius 2 is 1.83 bits per heavy atom. The maximum Gasteiger partial charge on any atom is 0.311 e. The van der Waals surface area contributed by atoms with Gasteiger partial charge in [-0.2, -0.15) is 0 Å². The van der Waals surface area contributed by atoms with Crippen LogP contribution in [0, 0.1) is 26.7 Å². The quantitative estimate of drug-likeness (QED) is 0.689. The summed E-state index contributed by atoms with van der Waals surface area (Å²) in [5, 5.41) is 2.70. The molecular formula is C22H23BrN2O4. The van der Waals surface area contributed by atoms with Crippen LogP contribution < -0.4 is 10.2 Å². The highest BCUT2D eigenvalue weighted by Gasteiger charge is 2.36. The highest BCUT2D eigenvalue weighted by atomic mass is 79.9. The number of hydrogen-bond donors (Lipinski definition) is 1. The highest BCUT2D eigenvalue weighted by Crippen LogP contribution is 2.27. The summed E-state index contributed by atoms with van der Waals surface area (Å²) in [7, 11) is 0. The number of aryl methyl sites for hydroxylation is 3. The molecule has 2 aromatic rings. The summed E-state index contributed by atoms with van der Waals surface area (Å²) in [6.45, 7) is 5.72. The van der Waals surface area contributed by atoms with E-state index in [1.54, 1.807) is 11.0 Å². The van der Waals surface area contributed by atoms with E-state index in [-0.39, 0.29) is 25.5 Å². The van der Waals surface area contributed by atoms with E-state index in [1.807, 2.05) is 51.1 Å². The molecule has 0 radical (unpaired) electrons. The van der Waals surface area contributed by atoms with Crippen molar-refractivity contribution in [3.05, 3.63) is 57.6 Å². The lowest BCUT2D eigenvalue weighted by molar-refractivity contribution is -0.151. The molecule has 2 amide bonds. The van der Waals surface area contributed by atoms with Gasteiger partial charge < -0.3 is 15.0 Å². The largest absolute Gasteiger partial charge is 0.455 e. The van der Waals surface area contributed by atoms with Crippen LogP contribution in [-0.2, 0) is 19.1 Å². The summed E-state index contributed by atoms with van der Waals surface area (Å²) in [6, 6.07) is 11.3. The number of benzene rings is 2. The average molecular weight is 459 g/mol. The van der Waals surface area contributed by atoms with Crippen LogP contribution in [0.1, 0.15) is 23.1 Å². The van der Waals surface area contributed by atoms with Crippen molar-refractivity contribution in [1.29, 1.82) is 0 Å². The Hall–Kier alpha value is -2.67. The molecule has 0 aromatic heterocycles. The predicted molar refractivity (Wildman–Crippen MR) is 115 cm³/mol. The second kappa shape index (κ2) is 8.78. The van der Waals surface area contributed by atoms with Gasteiger partial charge in [0.15, 0.2) is 6.61 Å². The van der Waals surface area contributed by atoms with Crippen molar-refractivity contribution >= 4 is 45.1 Å². The van der Waals surface area contributed by atoms with Gasteiger partial charge in [0.25, 0.3) is 5.91 Å². The zero-order chi connectivity index (χ0) is 21.1. The first-order valence-corrected chi connectivity index (χ1v) is 10.1. The zero-order valence-corrected chi connectivity index (χ0v) is 18.2. The number of carbonyl (C=O) groups excluding carboxylic acids is 3. The molecule has 0 bridgehead atoms. The van der Waals surface area contributed by atoms with Crippen molar-refractivity contribution in [2.24, 2.45) is 5.92 Å². The molecule has 29 heavy (non-hydrogen) atoms. The topological polar surface area (TPSA) is 75.7 Å². The number of rotatable bonds is 5. The molecule has 7 heteroatoms. The van der Waals surface area contributed by atoms with Crippen LogP contribution in [-0.4, -0.2) is 30.9 Å². The third kappa shape index (κ3) is 5.23. The molecule has 3 rings (SSSR count). The van der Waals surface area contributed by atoms with Gasteiger partial charge in [0, 0.05) is 28.8 Å². The molecule has 1 fully saturated rings. The summed E-state index contributed by atoms with van der Waals surface area (Å²) in [5.74, 6) is -1.65. The molecular weight excluding hydrogens is 436 g/mol. The SMILES string of the molecule is Cc1cc(C)cc(N2C[C@@H](C(=O)OCC(=O)Nc3ccc(Br)c(C)c3)CC2=O)c1. The third-order valence-corrected chi connectivity index (χ3v) is 5.65. The van der Waals surface area contributed by atoms with Crippen LogP contribution >= 0.6 is 15.9 Å². The van der Waals surface area contributed by atoms with Gasteiger partial charge in [0.1, 0.15) is 0 Å². The normalized spacial score (nSPS) is 16.1. The van der Waals surface area contributed by atoms with Gasteiger partial charge in [-0.05, 0) is 67.8 Å². The smallest absolute Gasteiger partial charge is 0.311 e. The van der Waals surface area contributed by atoms with Crippen LogP contribution in [0.15, 0.2) is 40.9 Å². The summed E-state index contributed by atoms with van der Waals surface area (Å²) in [4.78, 5) is 38.4. The van der Waals surface area contributed by atoms with Crippen molar-refractivity contribution in [3.8, 4) is 0 Å². The van der Waals surface area contributed by atoms with Crippen LogP contribution in [0.5, 0.6) is 0 Å². The Morgan fingerprint density at radius 3 is 2.48 bits per heavy atom. The Morgan fingerprint density at radius 1 is 1.14 bits per heavy atom. The average Bonchev–Trinajstić information content (AvgIpc) is 3.04. The molecule has 1 aliphatic heterocycles. The lowest BCUT2D eigenvalue weighted by Crippen LogP contribution is -2.28. The minimum absolute atomic E-state index is 0.0827. The van der Waals surface area contributed by atoms with Crippen molar-refractivity contribution < 1.29 is 19.1 Å². The molecule has 1 aliphatic rings. The summed E-state index contributed by atoms with van der Waals surface area (Å²) >= 11 is 3.40. The molecule has 1 saturated heterocycles. The van der Waals surface area contributed by atoms with E-state index in [0.717, 1.165) is 26.9 Å². The van der Waals surface area contributed by atoms with E-state index in [4.69, 9.17) is 4.74 Å².